The molecule has 5 aromatic rings. The van der Waals surface area contributed by atoms with Crippen LogP contribution in [0.3, 0.4) is 0 Å². The molecule has 2 aromatic carbocycles. The number of phenolic OH excluding ortho intramolecular Hbond substituents is 1. The molecule has 5 heterocycles. The Kier molecular flexibility index (Phi) is 4.65. The average molecular weight is 482 g/mol. The highest BCUT2D eigenvalue weighted by atomic mass is 16.4. The van der Waals surface area contributed by atoms with E-state index in [9.17, 15) is 14.7 Å². The zero-order valence-corrected chi connectivity index (χ0v) is 19.4. The maximum Gasteiger partial charge on any atom is 0.349 e. The predicted molar refractivity (Wildman–Crippen MR) is 134 cm³/mol. The number of likely N-dealkylation sites (tertiary alicyclic amines) is 1. The monoisotopic (exact) mass is 481 g/mol. The van der Waals surface area contributed by atoms with Crippen LogP contribution in [0.2, 0.25) is 0 Å². The largest absolute Gasteiger partial charge is 0.507 e. The third-order valence-corrected chi connectivity index (χ3v) is 7.44. The number of hydrogen-bond acceptors (Lipinski definition) is 7. The summed E-state index contributed by atoms with van der Waals surface area (Å²) in [7, 11) is 0. The Bertz CT molecular complexity index is 1730. The van der Waals surface area contributed by atoms with Gasteiger partial charge in [-0.3, -0.25) is 9.69 Å². The molecule has 1 saturated heterocycles. The summed E-state index contributed by atoms with van der Waals surface area (Å²) in [6.45, 7) is 2.71. The SMILES string of the molecule is O=c1oc2c(CN3C[C@H]4C[C@H](C3)c3cccc(=O)n3C4)c(O)ccc2cc1-c1nc2ccccc2o1. The molecule has 2 aliphatic heterocycles. The summed E-state index contributed by atoms with van der Waals surface area (Å²) in [5.74, 6) is 0.902. The van der Waals surface area contributed by atoms with Crippen molar-refractivity contribution in [3.63, 3.8) is 0 Å². The van der Waals surface area contributed by atoms with Crippen molar-refractivity contribution in [2.45, 2.75) is 25.4 Å². The van der Waals surface area contributed by atoms with Gasteiger partial charge in [-0.05, 0) is 48.7 Å². The molecule has 0 spiro atoms. The first-order valence-corrected chi connectivity index (χ1v) is 12.1. The fourth-order valence-electron chi connectivity index (χ4n) is 5.87. The Labute approximate surface area is 205 Å². The molecule has 1 N–H and O–H groups in total. The van der Waals surface area contributed by atoms with Gasteiger partial charge >= 0.3 is 5.63 Å². The van der Waals surface area contributed by atoms with Crippen LogP contribution < -0.4 is 11.2 Å². The second kappa shape index (κ2) is 7.93. The van der Waals surface area contributed by atoms with Crippen molar-refractivity contribution in [2.75, 3.05) is 13.1 Å². The molecule has 0 amide bonds. The Morgan fingerprint density at radius 2 is 1.86 bits per heavy atom. The van der Waals surface area contributed by atoms with Crippen LogP contribution in [-0.2, 0) is 13.1 Å². The molecule has 36 heavy (non-hydrogen) atoms. The van der Waals surface area contributed by atoms with E-state index in [0.29, 0.717) is 46.6 Å². The van der Waals surface area contributed by atoms with Crippen molar-refractivity contribution < 1.29 is 13.9 Å². The highest BCUT2D eigenvalue weighted by Crippen LogP contribution is 2.37. The lowest BCUT2D eigenvalue weighted by Crippen LogP contribution is -2.46. The minimum atomic E-state index is -0.565. The minimum Gasteiger partial charge on any atom is -0.507 e. The molecule has 0 saturated carbocycles. The first-order chi connectivity index (χ1) is 17.5. The van der Waals surface area contributed by atoms with Crippen LogP contribution >= 0.6 is 0 Å². The number of aromatic nitrogens is 2. The van der Waals surface area contributed by atoms with E-state index in [2.05, 4.69) is 9.88 Å². The quantitative estimate of drug-likeness (QED) is 0.387. The van der Waals surface area contributed by atoms with Crippen LogP contribution in [-0.4, -0.2) is 32.6 Å². The number of rotatable bonds is 3. The Balaban J connectivity index is 1.24. The van der Waals surface area contributed by atoms with E-state index in [1.54, 1.807) is 30.3 Å². The maximum atomic E-state index is 13.0. The van der Waals surface area contributed by atoms with Crippen molar-refractivity contribution in [3.8, 4) is 17.2 Å². The number of benzene rings is 2. The highest BCUT2D eigenvalue weighted by molar-refractivity contribution is 5.85. The molecule has 2 atom stereocenters. The van der Waals surface area contributed by atoms with Gasteiger partial charge in [0.15, 0.2) is 5.58 Å². The average Bonchev–Trinajstić information content (AvgIpc) is 3.30. The van der Waals surface area contributed by atoms with Crippen molar-refractivity contribution in [2.24, 2.45) is 5.92 Å². The fraction of sp³-hybridized carbons (Fsp3) is 0.250. The van der Waals surface area contributed by atoms with Crippen molar-refractivity contribution in [1.82, 2.24) is 14.5 Å². The lowest BCUT2D eigenvalue weighted by molar-refractivity contribution is 0.113. The van der Waals surface area contributed by atoms with E-state index in [0.717, 1.165) is 25.2 Å². The minimum absolute atomic E-state index is 0.0545. The van der Waals surface area contributed by atoms with Gasteiger partial charge in [-0.15, -0.1) is 0 Å². The summed E-state index contributed by atoms with van der Waals surface area (Å²) in [4.78, 5) is 32.0. The van der Waals surface area contributed by atoms with Gasteiger partial charge in [0.2, 0.25) is 5.89 Å². The van der Waals surface area contributed by atoms with Gasteiger partial charge in [0.25, 0.3) is 5.56 Å². The lowest BCUT2D eigenvalue weighted by atomic mass is 9.83. The number of oxazole rings is 1. The Morgan fingerprint density at radius 3 is 2.75 bits per heavy atom. The van der Waals surface area contributed by atoms with Gasteiger partial charge in [-0.25, -0.2) is 9.78 Å². The number of phenols is 1. The van der Waals surface area contributed by atoms with Crippen LogP contribution in [0.4, 0.5) is 0 Å². The summed E-state index contributed by atoms with van der Waals surface area (Å²) in [6, 6.07) is 17.9. The van der Waals surface area contributed by atoms with Gasteiger partial charge in [0.1, 0.15) is 22.4 Å². The second-order valence-corrected chi connectivity index (χ2v) is 9.81. The third-order valence-electron chi connectivity index (χ3n) is 7.44. The van der Waals surface area contributed by atoms with Crippen molar-refractivity contribution in [1.29, 1.82) is 0 Å². The van der Waals surface area contributed by atoms with Gasteiger partial charge in [-0.1, -0.05) is 18.2 Å². The summed E-state index contributed by atoms with van der Waals surface area (Å²) in [6.07, 6.45) is 1.05. The van der Waals surface area contributed by atoms with E-state index in [-0.39, 0.29) is 28.7 Å². The molecule has 0 aliphatic carbocycles. The molecular weight excluding hydrogens is 458 g/mol. The first kappa shape index (κ1) is 21.1. The summed E-state index contributed by atoms with van der Waals surface area (Å²) in [5, 5.41) is 11.4. The zero-order chi connectivity index (χ0) is 24.4. The number of hydrogen-bond donors (Lipinski definition) is 1. The Hall–Kier alpha value is -4.17. The van der Waals surface area contributed by atoms with Gasteiger partial charge < -0.3 is 18.5 Å². The smallest absolute Gasteiger partial charge is 0.349 e. The second-order valence-electron chi connectivity index (χ2n) is 9.81. The molecule has 1 fully saturated rings. The summed E-state index contributed by atoms with van der Waals surface area (Å²) >= 11 is 0. The zero-order valence-electron chi connectivity index (χ0n) is 19.4. The first-order valence-electron chi connectivity index (χ1n) is 12.1. The number of aromatic hydroxyl groups is 1. The predicted octanol–water partition coefficient (Wildman–Crippen LogP) is 4.09. The molecule has 8 nitrogen and oxygen atoms in total. The maximum absolute atomic E-state index is 13.0. The molecule has 3 aromatic heterocycles. The highest BCUT2D eigenvalue weighted by Gasteiger charge is 2.35. The number of fused-ring (bicyclic) bond motifs is 6. The number of pyridine rings is 1. The molecule has 2 bridgehead atoms. The van der Waals surface area contributed by atoms with Gasteiger partial charge in [-0.2, -0.15) is 0 Å². The van der Waals surface area contributed by atoms with Crippen molar-refractivity contribution >= 4 is 22.1 Å². The van der Waals surface area contributed by atoms with Crippen LogP contribution in [0, 0.1) is 5.92 Å². The van der Waals surface area contributed by atoms with Gasteiger partial charge in [0, 0.05) is 49.2 Å². The van der Waals surface area contributed by atoms with E-state index in [1.165, 1.54) is 0 Å². The van der Waals surface area contributed by atoms with Crippen LogP contribution in [0.1, 0.15) is 23.6 Å². The molecule has 2 aliphatic rings. The Morgan fingerprint density at radius 1 is 0.972 bits per heavy atom. The molecule has 0 unspecified atom stereocenters. The number of nitrogens with zero attached hydrogens (tertiary/aromatic N) is 3. The molecule has 0 radical (unpaired) electrons. The molecule has 8 heteroatoms. The van der Waals surface area contributed by atoms with E-state index >= 15 is 0 Å². The van der Waals surface area contributed by atoms with Crippen LogP contribution in [0.5, 0.6) is 5.75 Å². The van der Waals surface area contributed by atoms with E-state index in [1.807, 2.05) is 34.9 Å². The fourth-order valence-corrected chi connectivity index (χ4v) is 5.87. The van der Waals surface area contributed by atoms with E-state index in [4.69, 9.17) is 8.83 Å². The number of para-hydroxylation sites is 2. The van der Waals surface area contributed by atoms with Crippen LogP contribution in [0.25, 0.3) is 33.5 Å². The molecule has 7 rings (SSSR count). The number of piperidine rings is 1. The standard InChI is InChI=1S/C28H23N3O5/c32-23-9-8-17-11-19(27-29-21-4-1-2-6-24(21)35-27)28(34)36-26(17)20(23)15-30-12-16-10-18(14-30)22-5-3-7-25(33)31(22)13-16/h1-9,11,16,18,32H,10,12-15H2/t16-,18-/m1/s1. The summed E-state index contributed by atoms with van der Waals surface area (Å²) < 4.78 is 13.5. The summed E-state index contributed by atoms with van der Waals surface area (Å²) in [5.41, 5.74) is 3.01. The topological polar surface area (TPSA) is 102 Å². The van der Waals surface area contributed by atoms with Gasteiger partial charge in [0.05, 0.1) is 5.56 Å². The normalized spacial score (nSPS) is 19.6. The lowest BCUT2D eigenvalue weighted by Gasteiger charge is -2.42. The van der Waals surface area contributed by atoms with Crippen molar-refractivity contribution in [3.05, 3.63) is 92.7 Å². The molecular formula is C28H23N3O5. The molecule has 180 valence electrons. The van der Waals surface area contributed by atoms with Crippen LogP contribution in [0.15, 0.2) is 79.1 Å². The third kappa shape index (κ3) is 3.37. The van der Waals surface area contributed by atoms with E-state index < -0.39 is 5.63 Å².